The Morgan fingerprint density at radius 3 is 3.38 bits per heavy atom. The van der Waals surface area contributed by atoms with Crippen LogP contribution < -0.4 is 5.73 Å². The average Bonchev–Trinajstić information content (AvgIpc) is 1.94. The van der Waals surface area contributed by atoms with E-state index in [4.69, 9.17) is 5.73 Å². The summed E-state index contributed by atoms with van der Waals surface area (Å²) in [5.74, 6) is 2.55. The van der Waals surface area contributed by atoms with Gasteiger partial charge in [0.2, 0.25) is 0 Å². The van der Waals surface area contributed by atoms with Gasteiger partial charge in [-0.1, -0.05) is 6.08 Å². The van der Waals surface area contributed by atoms with Crippen molar-refractivity contribution in [2.24, 2.45) is 4.99 Å². The molecular formula is C6H4N2. The van der Waals surface area contributed by atoms with Crippen LogP contribution in [-0.2, 0) is 0 Å². The Balaban J connectivity index is 2.90. The lowest BCUT2D eigenvalue weighted by molar-refractivity contribution is 1.33. The SMILES string of the molecule is [N]C1=CN=C=CC=C1. The zero-order valence-corrected chi connectivity index (χ0v) is 4.20. The second-order valence-corrected chi connectivity index (χ2v) is 1.34. The van der Waals surface area contributed by atoms with E-state index in [1.54, 1.807) is 18.2 Å². The summed E-state index contributed by atoms with van der Waals surface area (Å²) in [4.78, 5) is 3.57. The molecule has 0 saturated carbocycles. The van der Waals surface area contributed by atoms with E-state index in [0.29, 0.717) is 0 Å². The summed E-state index contributed by atoms with van der Waals surface area (Å²) in [6.45, 7) is 0. The van der Waals surface area contributed by atoms with Crippen LogP contribution in [0.2, 0.25) is 0 Å². The maximum atomic E-state index is 8.71. The highest BCUT2D eigenvalue weighted by molar-refractivity contribution is 5.57. The normalized spacial score (nSPS) is 15.8. The highest BCUT2D eigenvalue weighted by Crippen LogP contribution is 1.91. The van der Waals surface area contributed by atoms with Crippen LogP contribution in [0, 0.1) is 0 Å². The maximum Gasteiger partial charge on any atom is 0.105 e. The molecule has 2 nitrogen and oxygen atoms in total. The minimum atomic E-state index is 0.159. The van der Waals surface area contributed by atoms with Crippen molar-refractivity contribution >= 4 is 5.87 Å². The number of hydrogen-bond acceptors (Lipinski definition) is 1. The molecule has 2 radical (unpaired) electrons. The first-order chi connectivity index (χ1) is 3.89. The monoisotopic (exact) mass is 104 g/mol. The molecule has 1 aliphatic rings. The Hall–Kier alpha value is -1.27. The average molecular weight is 104 g/mol. The molecule has 0 aliphatic carbocycles. The fourth-order valence-electron chi connectivity index (χ4n) is 0.379. The third-order valence-corrected chi connectivity index (χ3v) is 0.709. The van der Waals surface area contributed by atoms with Gasteiger partial charge in [-0.3, -0.25) is 0 Å². The first-order valence-corrected chi connectivity index (χ1v) is 2.24. The molecule has 0 N–H and O–H groups in total. The molecule has 1 rings (SSSR count). The Morgan fingerprint density at radius 1 is 1.62 bits per heavy atom. The van der Waals surface area contributed by atoms with Crippen molar-refractivity contribution < 1.29 is 0 Å². The number of rotatable bonds is 0. The van der Waals surface area contributed by atoms with E-state index in [0.717, 1.165) is 0 Å². The molecule has 0 bridgehead atoms. The van der Waals surface area contributed by atoms with Gasteiger partial charge in [-0.25, -0.2) is 4.99 Å². The van der Waals surface area contributed by atoms with Gasteiger partial charge in [0, 0.05) is 0 Å². The van der Waals surface area contributed by atoms with Crippen LogP contribution >= 0.6 is 0 Å². The van der Waals surface area contributed by atoms with Crippen LogP contribution in [0.1, 0.15) is 0 Å². The van der Waals surface area contributed by atoms with E-state index >= 15 is 0 Å². The molecule has 1 heterocycles. The minimum absolute atomic E-state index is 0.159. The zero-order valence-electron chi connectivity index (χ0n) is 4.20. The third kappa shape index (κ3) is 1.10. The molecule has 0 spiro atoms. The number of hydrogen-bond donors (Lipinski definition) is 0. The van der Waals surface area contributed by atoms with E-state index in [-0.39, 0.29) is 5.70 Å². The van der Waals surface area contributed by atoms with Crippen molar-refractivity contribution in [3.05, 3.63) is 30.1 Å². The van der Waals surface area contributed by atoms with Gasteiger partial charge in [0.25, 0.3) is 0 Å². The second-order valence-electron chi connectivity index (χ2n) is 1.34. The smallest absolute Gasteiger partial charge is 0.105 e. The Kier molecular flexibility index (Phi) is 1.31. The molecule has 0 amide bonds. The molecule has 0 atom stereocenters. The van der Waals surface area contributed by atoms with Crippen molar-refractivity contribution in [1.82, 2.24) is 5.73 Å². The van der Waals surface area contributed by atoms with Gasteiger partial charge in [-0.2, -0.15) is 0 Å². The fraction of sp³-hybridized carbons (Fsp3) is 0. The lowest BCUT2D eigenvalue weighted by Gasteiger charge is -1.75. The van der Waals surface area contributed by atoms with Gasteiger partial charge < -0.3 is 0 Å². The molecule has 0 aromatic rings. The van der Waals surface area contributed by atoms with Crippen LogP contribution in [-0.4, -0.2) is 5.87 Å². The van der Waals surface area contributed by atoms with Gasteiger partial charge in [-0.05, 0) is 18.0 Å². The van der Waals surface area contributed by atoms with Gasteiger partial charge in [0.05, 0.1) is 6.20 Å². The molecule has 8 heavy (non-hydrogen) atoms. The predicted molar refractivity (Wildman–Crippen MR) is 31.4 cm³/mol. The van der Waals surface area contributed by atoms with Gasteiger partial charge in [0.15, 0.2) is 0 Å². The molecule has 2 heteroatoms. The predicted octanol–water partition coefficient (Wildman–Crippen LogP) is 0.692. The first kappa shape index (κ1) is 4.88. The van der Waals surface area contributed by atoms with Crippen LogP contribution in [0.15, 0.2) is 35.1 Å². The minimum Gasteiger partial charge on any atom is -0.212 e. The van der Waals surface area contributed by atoms with E-state index in [2.05, 4.69) is 10.9 Å². The van der Waals surface area contributed by atoms with Crippen molar-refractivity contribution in [2.75, 3.05) is 0 Å². The van der Waals surface area contributed by atoms with Crippen molar-refractivity contribution in [3.8, 4) is 0 Å². The van der Waals surface area contributed by atoms with Crippen molar-refractivity contribution in [2.45, 2.75) is 0 Å². The summed E-state index contributed by atoms with van der Waals surface area (Å²) in [7, 11) is 0. The highest BCUT2D eigenvalue weighted by Gasteiger charge is 1.81. The van der Waals surface area contributed by atoms with E-state index in [9.17, 15) is 0 Å². The number of aliphatic imine (C=N–C) groups is 1. The van der Waals surface area contributed by atoms with E-state index in [1.807, 2.05) is 0 Å². The Labute approximate surface area is 47.7 Å². The molecule has 1 aliphatic heterocycles. The van der Waals surface area contributed by atoms with Crippen LogP contribution in [0.3, 0.4) is 0 Å². The maximum absolute atomic E-state index is 8.71. The first-order valence-electron chi connectivity index (χ1n) is 2.24. The Bertz CT molecular complexity index is 193. The quantitative estimate of drug-likeness (QED) is 0.433. The largest absolute Gasteiger partial charge is 0.212 e. The van der Waals surface area contributed by atoms with Crippen LogP contribution in [0.4, 0.5) is 0 Å². The molecular weight excluding hydrogens is 100 g/mol. The number of nitrogens with zero attached hydrogens (tertiary/aromatic N) is 2. The number of allylic oxidation sites excluding steroid dienone is 3. The lowest BCUT2D eigenvalue weighted by atomic mass is 10.4. The van der Waals surface area contributed by atoms with E-state index < -0.39 is 0 Å². The zero-order chi connectivity index (χ0) is 5.82. The standard InChI is InChI=1S/C6H4N2/c7-6-3-1-2-4-8-5-6/h1-3,5H. The van der Waals surface area contributed by atoms with E-state index in [1.165, 1.54) is 6.20 Å². The summed E-state index contributed by atoms with van der Waals surface area (Å²) in [5, 5.41) is 0. The Morgan fingerprint density at radius 2 is 2.50 bits per heavy atom. The third-order valence-electron chi connectivity index (χ3n) is 0.709. The summed E-state index contributed by atoms with van der Waals surface area (Å²) in [5.41, 5.74) is 8.87. The molecule has 0 aromatic heterocycles. The molecule has 0 aromatic carbocycles. The van der Waals surface area contributed by atoms with Crippen LogP contribution in [0.5, 0.6) is 0 Å². The molecule has 0 unspecified atom stereocenters. The van der Waals surface area contributed by atoms with Crippen LogP contribution in [0.25, 0.3) is 0 Å². The molecule has 0 saturated heterocycles. The van der Waals surface area contributed by atoms with Gasteiger partial charge in [-0.15, -0.1) is 5.73 Å². The highest BCUT2D eigenvalue weighted by atomic mass is 14.7. The fourth-order valence-corrected chi connectivity index (χ4v) is 0.379. The molecule has 0 fully saturated rings. The topological polar surface area (TPSA) is 34.7 Å². The second kappa shape index (κ2) is 2.15. The van der Waals surface area contributed by atoms with Crippen molar-refractivity contribution in [1.29, 1.82) is 0 Å². The van der Waals surface area contributed by atoms with Gasteiger partial charge >= 0.3 is 0 Å². The lowest BCUT2D eigenvalue weighted by Crippen LogP contribution is -1.71. The summed E-state index contributed by atoms with van der Waals surface area (Å²) < 4.78 is 0. The molecule has 38 valence electrons. The summed E-state index contributed by atoms with van der Waals surface area (Å²) in [6.07, 6.45) is 6.17. The van der Waals surface area contributed by atoms with Gasteiger partial charge in [0.1, 0.15) is 5.70 Å². The van der Waals surface area contributed by atoms with Crippen molar-refractivity contribution in [3.63, 3.8) is 0 Å². The summed E-state index contributed by atoms with van der Waals surface area (Å²) >= 11 is 0. The summed E-state index contributed by atoms with van der Waals surface area (Å²) in [6, 6.07) is 0.